The number of aromatic nitrogens is 1. The summed E-state index contributed by atoms with van der Waals surface area (Å²) in [4.78, 5) is 12.1. The summed E-state index contributed by atoms with van der Waals surface area (Å²) in [6, 6.07) is 14.0. The molecule has 1 N–H and O–H groups in total. The minimum atomic E-state index is -0.203. The number of benzene rings is 2. The molecule has 6 nitrogen and oxygen atoms in total. The van der Waals surface area contributed by atoms with Crippen molar-refractivity contribution in [2.75, 3.05) is 13.2 Å². The van der Waals surface area contributed by atoms with Gasteiger partial charge in [0.2, 0.25) is 0 Å². The molecular formula is C19H15ClN2O4. The number of nitrogens with zero attached hydrogens (tertiary/aromatic N) is 1. The number of hydrogen-bond acceptors (Lipinski definition) is 5. The lowest BCUT2D eigenvalue weighted by molar-refractivity contribution is 0.0950. The molecule has 0 saturated heterocycles. The van der Waals surface area contributed by atoms with Crippen molar-refractivity contribution in [3.63, 3.8) is 0 Å². The molecule has 2 heterocycles. The fraction of sp³-hybridized carbons (Fsp3) is 0.158. The lowest BCUT2D eigenvalue weighted by atomic mass is 10.1. The third kappa shape index (κ3) is 3.50. The first-order chi connectivity index (χ1) is 12.7. The van der Waals surface area contributed by atoms with Gasteiger partial charge in [0.1, 0.15) is 18.9 Å². The van der Waals surface area contributed by atoms with Crippen molar-refractivity contribution in [1.82, 2.24) is 10.5 Å². The number of fused-ring (bicyclic) bond motifs is 1. The van der Waals surface area contributed by atoms with Crippen LogP contribution in [0.25, 0.3) is 11.3 Å². The Morgan fingerprint density at radius 3 is 2.62 bits per heavy atom. The Morgan fingerprint density at radius 2 is 1.81 bits per heavy atom. The van der Waals surface area contributed by atoms with E-state index in [1.807, 2.05) is 18.2 Å². The van der Waals surface area contributed by atoms with Crippen molar-refractivity contribution < 1.29 is 18.8 Å². The van der Waals surface area contributed by atoms with Crippen LogP contribution >= 0.6 is 11.6 Å². The van der Waals surface area contributed by atoms with E-state index in [2.05, 4.69) is 10.5 Å². The molecule has 2 aromatic carbocycles. The van der Waals surface area contributed by atoms with Crippen LogP contribution in [0.3, 0.4) is 0 Å². The maximum absolute atomic E-state index is 12.1. The second-order valence-corrected chi connectivity index (χ2v) is 6.17. The molecule has 1 aliphatic rings. The van der Waals surface area contributed by atoms with Crippen LogP contribution in [0, 0.1) is 0 Å². The Balaban J connectivity index is 1.43. The largest absolute Gasteiger partial charge is 0.486 e. The van der Waals surface area contributed by atoms with Crippen LogP contribution in [0.2, 0.25) is 5.02 Å². The highest BCUT2D eigenvalue weighted by Gasteiger charge is 2.15. The maximum Gasteiger partial charge on any atom is 0.251 e. The average Bonchev–Trinajstić information content (AvgIpc) is 3.15. The number of hydrogen-bond donors (Lipinski definition) is 1. The van der Waals surface area contributed by atoms with E-state index in [9.17, 15) is 4.79 Å². The summed E-state index contributed by atoms with van der Waals surface area (Å²) >= 11 is 5.82. The summed E-state index contributed by atoms with van der Waals surface area (Å²) in [6.45, 7) is 1.33. The van der Waals surface area contributed by atoms with E-state index in [-0.39, 0.29) is 12.5 Å². The van der Waals surface area contributed by atoms with Gasteiger partial charge in [-0.3, -0.25) is 4.79 Å². The molecule has 1 aromatic heterocycles. The molecule has 3 aromatic rings. The van der Waals surface area contributed by atoms with Crippen LogP contribution in [0.1, 0.15) is 16.1 Å². The van der Waals surface area contributed by atoms with Crippen molar-refractivity contribution >= 4 is 17.5 Å². The molecule has 0 fully saturated rings. The van der Waals surface area contributed by atoms with E-state index >= 15 is 0 Å². The van der Waals surface area contributed by atoms with Crippen LogP contribution in [0.5, 0.6) is 11.5 Å². The highest BCUT2D eigenvalue weighted by molar-refractivity contribution is 6.30. The van der Waals surface area contributed by atoms with Crippen molar-refractivity contribution in [2.45, 2.75) is 6.54 Å². The molecule has 0 spiro atoms. The quantitative estimate of drug-likeness (QED) is 0.758. The zero-order chi connectivity index (χ0) is 17.9. The summed E-state index contributed by atoms with van der Waals surface area (Å²) in [5, 5.41) is 7.39. The van der Waals surface area contributed by atoms with E-state index in [0.29, 0.717) is 41.0 Å². The monoisotopic (exact) mass is 370 g/mol. The zero-order valence-corrected chi connectivity index (χ0v) is 14.5. The Kier molecular flexibility index (Phi) is 4.50. The van der Waals surface area contributed by atoms with Crippen molar-refractivity contribution in [2.24, 2.45) is 0 Å². The Hall–Kier alpha value is -2.99. The van der Waals surface area contributed by atoms with Crippen molar-refractivity contribution in [3.8, 4) is 22.8 Å². The van der Waals surface area contributed by atoms with Gasteiger partial charge in [0, 0.05) is 22.2 Å². The predicted molar refractivity (Wildman–Crippen MR) is 95.6 cm³/mol. The first-order valence-electron chi connectivity index (χ1n) is 8.08. The van der Waals surface area contributed by atoms with Gasteiger partial charge in [-0.1, -0.05) is 16.8 Å². The van der Waals surface area contributed by atoms with E-state index in [4.69, 9.17) is 25.6 Å². The zero-order valence-electron chi connectivity index (χ0n) is 13.7. The smallest absolute Gasteiger partial charge is 0.251 e. The van der Waals surface area contributed by atoms with Gasteiger partial charge in [0.15, 0.2) is 17.3 Å². The Bertz CT molecular complexity index is 937. The Labute approximate surface area is 154 Å². The van der Waals surface area contributed by atoms with E-state index in [1.54, 1.807) is 30.3 Å². The van der Waals surface area contributed by atoms with Gasteiger partial charge in [0.05, 0.1) is 6.54 Å². The minimum Gasteiger partial charge on any atom is -0.486 e. The van der Waals surface area contributed by atoms with Crippen LogP contribution < -0.4 is 14.8 Å². The second kappa shape index (κ2) is 7.09. The lowest BCUT2D eigenvalue weighted by Crippen LogP contribution is -2.22. The fourth-order valence-electron chi connectivity index (χ4n) is 2.60. The van der Waals surface area contributed by atoms with Crippen molar-refractivity contribution in [1.29, 1.82) is 0 Å². The number of halogens is 1. The number of ether oxygens (including phenoxy) is 2. The van der Waals surface area contributed by atoms with Crippen LogP contribution in [0.4, 0.5) is 0 Å². The molecule has 1 amide bonds. The summed E-state index contributed by atoms with van der Waals surface area (Å²) in [6.07, 6.45) is 0. The molecule has 0 radical (unpaired) electrons. The highest BCUT2D eigenvalue weighted by atomic mass is 35.5. The van der Waals surface area contributed by atoms with Crippen LogP contribution in [-0.4, -0.2) is 24.3 Å². The van der Waals surface area contributed by atoms with Crippen LogP contribution in [-0.2, 0) is 6.54 Å². The fourth-order valence-corrected chi connectivity index (χ4v) is 2.73. The third-order valence-corrected chi connectivity index (χ3v) is 4.17. The van der Waals surface area contributed by atoms with Gasteiger partial charge in [-0.05, 0) is 42.5 Å². The summed E-state index contributed by atoms with van der Waals surface area (Å²) < 4.78 is 16.5. The van der Waals surface area contributed by atoms with Gasteiger partial charge in [-0.25, -0.2) is 0 Å². The number of amides is 1. The summed E-state index contributed by atoms with van der Waals surface area (Å²) in [5.41, 5.74) is 1.99. The molecule has 4 rings (SSSR count). The molecule has 0 atom stereocenters. The second-order valence-electron chi connectivity index (χ2n) is 5.73. The Morgan fingerprint density at radius 1 is 1.04 bits per heavy atom. The normalized spacial score (nSPS) is 12.7. The molecule has 0 unspecified atom stereocenters. The topological polar surface area (TPSA) is 73.6 Å². The number of nitrogens with one attached hydrogen (secondary N) is 1. The van der Waals surface area contributed by atoms with E-state index < -0.39 is 0 Å². The van der Waals surface area contributed by atoms with Gasteiger partial charge in [-0.15, -0.1) is 0 Å². The van der Waals surface area contributed by atoms with Gasteiger partial charge in [0.25, 0.3) is 5.91 Å². The van der Waals surface area contributed by atoms with Gasteiger partial charge < -0.3 is 19.3 Å². The minimum absolute atomic E-state index is 0.203. The molecule has 0 saturated carbocycles. The van der Waals surface area contributed by atoms with Crippen LogP contribution in [0.15, 0.2) is 53.1 Å². The van der Waals surface area contributed by atoms with E-state index in [0.717, 1.165) is 11.3 Å². The summed E-state index contributed by atoms with van der Waals surface area (Å²) in [7, 11) is 0. The van der Waals surface area contributed by atoms with E-state index in [1.165, 1.54) is 0 Å². The molecule has 0 bridgehead atoms. The van der Waals surface area contributed by atoms with Gasteiger partial charge in [-0.2, -0.15) is 0 Å². The summed E-state index contributed by atoms with van der Waals surface area (Å²) in [5.74, 6) is 1.79. The highest BCUT2D eigenvalue weighted by Crippen LogP contribution is 2.34. The molecule has 132 valence electrons. The molecule has 26 heavy (non-hydrogen) atoms. The number of carbonyl (C=O) groups excluding carboxylic acids is 1. The molecular weight excluding hydrogens is 356 g/mol. The van der Waals surface area contributed by atoms with Crippen molar-refractivity contribution in [3.05, 3.63) is 64.8 Å². The molecule has 0 aliphatic carbocycles. The van der Waals surface area contributed by atoms with Gasteiger partial charge >= 0.3 is 0 Å². The SMILES string of the molecule is O=C(NCc1cc(-c2ccc3c(c2)OCCO3)on1)c1ccc(Cl)cc1. The standard InChI is InChI=1S/C19H15ClN2O4/c20-14-4-1-12(2-5-14)19(23)21-11-15-10-17(26-22-15)13-3-6-16-18(9-13)25-8-7-24-16/h1-6,9-10H,7-8,11H2,(H,21,23). The lowest BCUT2D eigenvalue weighted by Gasteiger charge is -2.18. The molecule has 7 heteroatoms. The number of rotatable bonds is 4. The first-order valence-corrected chi connectivity index (χ1v) is 8.46. The molecule has 1 aliphatic heterocycles. The first kappa shape index (κ1) is 16.5. The third-order valence-electron chi connectivity index (χ3n) is 3.92. The predicted octanol–water partition coefficient (Wildman–Crippen LogP) is 3.70. The number of carbonyl (C=O) groups is 1. The average molecular weight is 371 g/mol. The maximum atomic E-state index is 12.1.